The van der Waals surface area contributed by atoms with Crippen LogP contribution in [0, 0.1) is 6.92 Å². The quantitative estimate of drug-likeness (QED) is 0.629. The maximum atomic E-state index is 10.5. The topological polar surface area (TPSA) is 58.0 Å². The summed E-state index contributed by atoms with van der Waals surface area (Å²) in [5, 5.41) is 16.6. The van der Waals surface area contributed by atoms with Crippen molar-refractivity contribution in [1.29, 1.82) is 0 Å². The monoisotopic (exact) mass is 141 g/mol. The van der Waals surface area contributed by atoms with Crippen LogP contribution in [-0.2, 0) is 5.11 Å². The largest absolute Gasteiger partial charge is 0.360 e. The second-order valence-corrected chi connectivity index (χ2v) is 2.11. The molecule has 0 amide bonds. The zero-order valence-electron chi connectivity index (χ0n) is 5.92. The van der Waals surface area contributed by atoms with E-state index in [1.54, 1.807) is 13.0 Å². The molecule has 0 fully saturated rings. The lowest BCUT2D eigenvalue weighted by Crippen LogP contribution is -2.11. The van der Waals surface area contributed by atoms with Gasteiger partial charge in [0.2, 0.25) is 0 Å². The molecule has 1 aromatic heterocycles. The summed E-state index contributed by atoms with van der Waals surface area (Å²) < 4.78 is 4.71. The van der Waals surface area contributed by atoms with Gasteiger partial charge in [-0.3, -0.25) is 0 Å². The minimum Gasteiger partial charge on any atom is -0.360 e. The lowest BCUT2D eigenvalue weighted by Gasteiger charge is -1.99. The first-order valence-corrected chi connectivity index (χ1v) is 3.04. The fraction of sp³-hybridized carbons (Fsp3) is 0.500. The summed E-state index contributed by atoms with van der Waals surface area (Å²) in [7, 11) is 0. The minimum absolute atomic E-state index is 0.500. The van der Waals surface area contributed by atoms with E-state index in [0.717, 1.165) is 0 Å². The summed E-state index contributed by atoms with van der Waals surface area (Å²) in [6.07, 6.45) is -0.843. The Morgan fingerprint density at radius 2 is 2.50 bits per heavy atom. The molecule has 0 bridgehead atoms. The Balaban J connectivity index is 2.58. The summed E-state index contributed by atoms with van der Waals surface area (Å²) in [4.78, 5) is 0. The average molecular weight is 141 g/mol. The molecule has 0 saturated carbocycles. The van der Waals surface area contributed by atoms with E-state index in [9.17, 15) is 5.11 Å². The molecule has 1 rings (SSSR count). The van der Waals surface area contributed by atoms with E-state index in [-0.39, 0.29) is 0 Å². The van der Waals surface area contributed by atoms with Crippen molar-refractivity contribution in [2.75, 3.05) is 5.32 Å². The van der Waals surface area contributed by atoms with Crippen molar-refractivity contribution >= 4 is 5.82 Å². The van der Waals surface area contributed by atoms with Gasteiger partial charge < -0.3 is 9.84 Å². The Hall–Kier alpha value is -1.03. The zero-order valence-corrected chi connectivity index (χ0v) is 5.92. The summed E-state index contributed by atoms with van der Waals surface area (Å²) in [6.45, 7) is 3.28. The maximum Gasteiger partial charge on any atom is 0.171 e. The van der Waals surface area contributed by atoms with Crippen LogP contribution in [0.1, 0.15) is 12.7 Å². The Labute approximate surface area is 58.8 Å². The molecule has 1 unspecified atom stereocenters. The number of aromatic nitrogens is 1. The van der Waals surface area contributed by atoms with Gasteiger partial charge in [-0.2, -0.15) is 0 Å². The van der Waals surface area contributed by atoms with Crippen LogP contribution in [0.3, 0.4) is 0 Å². The summed E-state index contributed by atoms with van der Waals surface area (Å²) >= 11 is 0. The van der Waals surface area contributed by atoms with Crippen molar-refractivity contribution in [2.45, 2.75) is 20.1 Å². The molecule has 1 aromatic rings. The smallest absolute Gasteiger partial charge is 0.171 e. The fourth-order valence-corrected chi connectivity index (χ4v) is 0.643. The molecule has 0 spiro atoms. The molecular formula is C6H9N2O2. The fourth-order valence-electron chi connectivity index (χ4n) is 0.643. The predicted molar refractivity (Wildman–Crippen MR) is 35.0 cm³/mol. The highest BCUT2D eigenvalue weighted by Crippen LogP contribution is 2.07. The third-order valence-electron chi connectivity index (χ3n) is 0.979. The van der Waals surface area contributed by atoms with Gasteiger partial charge in [-0.15, -0.1) is 0 Å². The first-order valence-electron chi connectivity index (χ1n) is 3.04. The first-order chi connectivity index (χ1) is 4.68. The van der Waals surface area contributed by atoms with Crippen LogP contribution in [0.2, 0.25) is 0 Å². The molecular weight excluding hydrogens is 132 g/mol. The lowest BCUT2D eigenvalue weighted by atomic mass is 10.5. The molecule has 1 heterocycles. The van der Waals surface area contributed by atoms with Crippen molar-refractivity contribution in [3.63, 3.8) is 0 Å². The molecule has 0 saturated heterocycles. The van der Waals surface area contributed by atoms with Crippen LogP contribution < -0.4 is 5.32 Å². The standard InChI is InChI=1S/C6H9N2O2/c1-4-3-6(8-10-4)7-5(2)9/h3,5H,1-2H3,(H,7,8). The Bertz CT molecular complexity index is 207. The number of hydrogen-bond acceptors (Lipinski definition) is 3. The van der Waals surface area contributed by atoms with Gasteiger partial charge in [0.1, 0.15) is 5.76 Å². The number of nitrogens with one attached hydrogen (secondary N) is 1. The Morgan fingerprint density at radius 3 is 2.90 bits per heavy atom. The van der Waals surface area contributed by atoms with Crippen LogP contribution in [-0.4, -0.2) is 11.4 Å². The third-order valence-corrected chi connectivity index (χ3v) is 0.979. The molecule has 10 heavy (non-hydrogen) atoms. The second kappa shape index (κ2) is 2.70. The van der Waals surface area contributed by atoms with Gasteiger partial charge in [-0.1, -0.05) is 5.16 Å². The number of hydrogen-bond donors (Lipinski definition) is 1. The molecule has 1 atom stereocenters. The van der Waals surface area contributed by atoms with Crippen molar-refractivity contribution < 1.29 is 9.63 Å². The van der Waals surface area contributed by atoms with Gasteiger partial charge in [-0.25, -0.2) is 5.11 Å². The molecule has 0 aliphatic carbocycles. The van der Waals surface area contributed by atoms with Crippen molar-refractivity contribution in [1.82, 2.24) is 5.16 Å². The number of nitrogens with zero attached hydrogens (tertiary/aromatic N) is 1. The highest BCUT2D eigenvalue weighted by Gasteiger charge is 2.01. The van der Waals surface area contributed by atoms with E-state index >= 15 is 0 Å². The Kier molecular flexibility index (Phi) is 1.91. The molecule has 0 aromatic carbocycles. The molecule has 55 valence electrons. The minimum atomic E-state index is -0.843. The van der Waals surface area contributed by atoms with Gasteiger partial charge in [-0.05, 0) is 13.8 Å². The van der Waals surface area contributed by atoms with Crippen molar-refractivity contribution in [2.24, 2.45) is 0 Å². The number of aryl methyl sites for hydroxylation is 1. The van der Waals surface area contributed by atoms with Crippen LogP contribution in [0.5, 0.6) is 0 Å². The van der Waals surface area contributed by atoms with E-state index in [1.807, 2.05) is 0 Å². The highest BCUT2D eigenvalue weighted by atomic mass is 16.5. The maximum absolute atomic E-state index is 10.5. The number of anilines is 1. The first kappa shape index (κ1) is 7.08. The molecule has 0 aliphatic rings. The van der Waals surface area contributed by atoms with Crippen LogP contribution in [0.4, 0.5) is 5.82 Å². The van der Waals surface area contributed by atoms with E-state index in [2.05, 4.69) is 10.5 Å². The van der Waals surface area contributed by atoms with E-state index in [0.29, 0.717) is 11.6 Å². The van der Waals surface area contributed by atoms with Gasteiger partial charge in [0, 0.05) is 6.07 Å². The van der Waals surface area contributed by atoms with E-state index in [4.69, 9.17) is 4.52 Å². The van der Waals surface area contributed by atoms with E-state index < -0.39 is 6.23 Å². The summed E-state index contributed by atoms with van der Waals surface area (Å²) in [5.74, 6) is 1.20. The highest BCUT2D eigenvalue weighted by molar-refractivity contribution is 5.33. The zero-order chi connectivity index (χ0) is 7.56. The average Bonchev–Trinajstić information content (AvgIpc) is 2.13. The van der Waals surface area contributed by atoms with Crippen LogP contribution in [0.25, 0.3) is 0 Å². The van der Waals surface area contributed by atoms with Gasteiger partial charge in [0.25, 0.3) is 0 Å². The molecule has 1 radical (unpaired) electrons. The summed E-state index contributed by atoms with van der Waals surface area (Å²) in [6, 6.07) is 1.67. The SMILES string of the molecule is Cc1cc(NC(C)[O])no1. The predicted octanol–water partition coefficient (Wildman–Crippen LogP) is 1.17. The molecule has 0 aliphatic heterocycles. The molecule has 4 nitrogen and oxygen atoms in total. The van der Waals surface area contributed by atoms with Crippen LogP contribution in [0.15, 0.2) is 10.6 Å². The second-order valence-electron chi connectivity index (χ2n) is 2.11. The lowest BCUT2D eigenvalue weighted by molar-refractivity contribution is 0.129. The normalized spacial score (nSPS) is 13.1. The number of rotatable bonds is 2. The van der Waals surface area contributed by atoms with Crippen LogP contribution >= 0.6 is 0 Å². The molecule has 4 heteroatoms. The molecule has 1 N–H and O–H groups in total. The van der Waals surface area contributed by atoms with Gasteiger partial charge in [0.05, 0.1) is 0 Å². The Morgan fingerprint density at radius 1 is 1.80 bits per heavy atom. The third kappa shape index (κ3) is 1.73. The van der Waals surface area contributed by atoms with Gasteiger partial charge >= 0.3 is 0 Å². The summed E-state index contributed by atoms with van der Waals surface area (Å²) in [5.41, 5.74) is 0. The van der Waals surface area contributed by atoms with Gasteiger partial charge in [0.15, 0.2) is 12.0 Å². The van der Waals surface area contributed by atoms with Crippen molar-refractivity contribution in [3.05, 3.63) is 11.8 Å². The van der Waals surface area contributed by atoms with Crippen molar-refractivity contribution in [3.8, 4) is 0 Å². The van der Waals surface area contributed by atoms with E-state index in [1.165, 1.54) is 6.92 Å².